The molecule has 2 amide bonds. The fourth-order valence-electron chi connectivity index (χ4n) is 2.82. The molecule has 0 radical (unpaired) electrons. The van der Waals surface area contributed by atoms with E-state index in [1.54, 1.807) is 23.1 Å². The molecule has 24 heavy (non-hydrogen) atoms. The first kappa shape index (κ1) is 16.5. The molecule has 1 heterocycles. The van der Waals surface area contributed by atoms with E-state index in [-0.39, 0.29) is 24.2 Å². The largest absolute Gasteiger partial charge is 0.324 e. The molecule has 1 aliphatic rings. The van der Waals surface area contributed by atoms with Crippen LogP contribution in [0.15, 0.2) is 42.5 Å². The van der Waals surface area contributed by atoms with Crippen molar-refractivity contribution in [3.63, 3.8) is 0 Å². The number of carbonyl (C=O) groups is 2. The van der Waals surface area contributed by atoms with E-state index in [9.17, 15) is 9.59 Å². The molecule has 0 unspecified atom stereocenters. The maximum Gasteiger partial charge on any atom is 0.229 e. The Kier molecular flexibility index (Phi) is 4.58. The van der Waals surface area contributed by atoms with Gasteiger partial charge in [-0.3, -0.25) is 9.59 Å². The molecule has 2 aromatic carbocycles. The predicted octanol–water partition coefficient (Wildman–Crippen LogP) is 3.95. The average molecular weight is 343 g/mol. The number of carbonyl (C=O) groups excluding carboxylic acids is 2. The average Bonchev–Trinajstić information content (AvgIpc) is 2.94. The lowest BCUT2D eigenvalue weighted by atomic mass is 10.1. The molecule has 1 saturated heterocycles. The molecule has 3 rings (SSSR count). The molecule has 5 heteroatoms. The third-order valence-electron chi connectivity index (χ3n) is 4.43. The van der Waals surface area contributed by atoms with Crippen molar-refractivity contribution in [2.24, 2.45) is 5.92 Å². The molecule has 0 aromatic heterocycles. The first-order valence-corrected chi connectivity index (χ1v) is 8.26. The fraction of sp³-hybridized carbons (Fsp3) is 0.263. The molecule has 1 fully saturated rings. The molecule has 0 bridgehead atoms. The highest BCUT2D eigenvalue weighted by Gasteiger charge is 2.35. The van der Waals surface area contributed by atoms with E-state index in [1.165, 1.54) is 5.56 Å². The zero-order chi connectivity index (χ0) is 17.3. The van der Waals surface area contributed by atoms with Crippen LogP contribution < -0.4 is 10.2 Å². The van der Waals surface area contributed by atoms with Crippen molar-refractivity contribution in [2.75, 3.05) is 16.8 Å². The summed E-state index contributed by atoms with van der Waals surface area (Å²) in [6, 6.07) is 13.0. The Morgan fingerprint density at radius 1 is 1.17 bits per heavy atom. The van der Waals surface area contributed by atoms with Crippen molar-refractivity contribution in [3.05, 3.63) is 58.6 Å². The number of nitrogens with zero attached hydrogens (tertiary/aromatic N) is 1. The summed E-state index contributed by atoms with van der Waals surface area (Å²) < 4.78 is 0. The van der Waals surface area contributed by atoms with Crippen LogP contribution in [0.1, 0.15) is 17.5 Å². The van der Waals surface area contributed by atoms with Gasteiger partial charge in [0.15, 0.2) is 0 Å². The Bertz CT molecular complexity index is 804. The molecule has 1 N–H and O–H groups in total. The normalized spacial score (nSPS) is 17.2. The summed E-state index contributed by atoms with van der Waals surface area (Å²) in [4.78, 5) is 26.5. The van der Waals surface area contributed by atoms with Crippen LogP contribution in [-0.4, -0.2) is 18.4 Å². The van der Waals surface area contributed by atoms with E-state index < -0.39 is 0 Å². The third kappa shape index (κ3) is 3.29. The van der Waals surface area contributed by atoms with Gasteiger partial charge < -0.3 is 10.2 Å². The number of halogens is 1. The van der Waals surface area contributed by atoms with Gasteiger partial charge in [-0.05, 0) is 49.2 Å². The lowest BCUT2D eigenvalue weighted by molar-refractivity contribution is -0.122. The van der Waals surface area contributed by atoms with E-state index in [0.717, 1.165) is 11.3 Å². The van der Waals surface area contributed by atoms with Gasteiger partial charge in [0.25, 0.3) is 0 Å². The quantitative estimate of drug-likeness (QED) is 0.918. The van der Waals surface area contributed by atoms with Crippen LogP contribution >= 0.6 is 11.6 Å². The van der Waals surface area contributed by atoms with E-state index in [1.807, 2.05) is 38.1 Å². The second kappa shape index (κ2) is 6.65. The number of amides is 2. The number of anilines is 2. The predicted molar refractivity (Wildman–Crippen MR) is 96.5 cm³/mol. The maximum absolute atomic E-state index is 12.5. The van der Waals surface area contributed by atoms with Crippen LogP contribution in [0.5, 0.6) is 0 Å². The summed E-state index contributed by atoms with van der Waals surface area (Å²) in [6.07, 6.45) is 0.212. The third-order valence-corrected chi connectivity index (χ3v) is 4.76. The summed E-state index contributed by atoms with van der Waals surface area (Å²) in [5.41, 5.74) is 3.72. The molecular weight excluding hydrogens is 324 g/mol. The van der Waals surface area contributed by atoms with Gasteiger partial charge in [0.1, 0.15) is 0 Å². The first-order chi connectivity index (χ1) is 11.5. The minimum Gasteiger partial charge on any atom is -0.324 e. The number of aryl methyl sites for hydroxylation is 2. The van der Waals surface area contributed by atoms with Crippen molar-refractivity contribution in [3.8, 4) is 0 Å². The summed E-state index contributed by atoms with van der Waals surface area (Å²) in [7, 11) is 0. The molecule has 2 aromatic rings. The van der Waals surface area contributed by atoms with Crippen LogP contribution in [0.25, 0.3) is 0 Å². The van der Waals surface area contributed by atoms with Crippen LogP contribution in [-0.2, 0) is 9.59 Å². The van der Waals surface area contributed by atoms with Crippen molar-refractivity contribution in [1.82, 2.24) is 0 Å². The van der Waals surface area contributed by atoms with Crippen molar-refractivity contribution >= 4 is 34.8 Å². The van der Waals surface area contributed by atoms with Crippen molar-refractivity contribution < 1.29 is 9.59 Å². The number of nitrogens with one attached hydrogen (secondary N) is 1. The summed E-state index contributed by atoms with van der Waals surface area (Å²) in [5, 5.41) is 3.30. The molecule has 4 nitrogen and oxygen atoms in total. The zero-order valence-electron chi connectivity index (χ0n) is 13.7. The van der Waals surface area contributed by atoms with Gasteiger partial charge in [-0.2, -0.15) is 0 Å². The van der Waals surface area contributed by atoms with Gasteiger partial charge in [-0.15, -0.1) is 0 Å². The number of hydrogen-bond donors (Lipinski definition) is 1. The standard InChI is InChI=1S/C19H19ClN2O2/c1-12-7-8-15(9-13(12)2)22-11-14(10-18(22)23)19(24)21-17-6-4-3-5-16(17)20/h3-9,14H,10-11H2,1-2H3,(H,21,24)/t14-/m1/s1. The Labute approximate surface area is 146 Å². The van der Waals surface area contributed by atoms with Crippen molar-refractivity contribution in [1.29, 1.82) is 0 Å². The molecule has 1 atom stereocenters. The first-order valence-electron chi connectivity index (χ1n) is 7.88. The topological polar surface area (TPSA) is 49.4 Å². The smallest absolute Gasteiger partial charge is 0.229 e. The SMILES string of the molecule is Cc1ccc(N2C[C@H](C(=O)Nc3ccccc3Cl)CC2=O)cc1C. The summed E-state index contributed by atoms with van der Waals surface area (Å²) >= 11 is 6.07. The molecule has 124 valence electrons. The van der Waals surface area contributed by atoms with Gasteiger partial charge >= 0.3 is 0 Å². The molecule has 1 aliphatic heterocycles. The number of para-hydroxylation sites is 1. The van der Waals surface area contributed by atoms with E-state index >= 15 is 0 Å². The Balaban J connectivity index is 1.73. The summed E-state index contributed by atoms with van der Waals surface area (Å²) in [6.45, 7) is 4.43. The van der Waals surface area contributed by atoms with Gasteiger partial charge in [-0.25, -0.2) is 0 Å². The number of hydrogen-bond acceptors (Lipinski definition) is 2. The van der Waals surface area contributed by atoms with Gasteiger partial charge in [0.2, 0.25) is 11.8 Å². The second-order valence-electron chi connectivity index (χ2n) is 6.14. The maximum atomic E-state index is 12.5. The monoisotopic (exact) mass is 342 g/mol. The highest BCUT2D eigenvalue weighted by Crippen LogP contribution is 2.28. The van der Waals surface area contributed by atoms with Crippen LogP contribution in [0.3, 0.4) is 0 Å². The Morgan fingerprint density at radius 3 is 2.62 bits per heavy atom. The van der Waals surface area contributed by atoms with E-state index in [4.69, 9.17) is 11.6 Å². The molecule has 0 aliphatic carbocycles. The minimum atomic E-state index is -0.379. The van der Waals surface area contributed by atoms with Crippen molar-refractivity contribution in [2.45, 2.75) is 20.3 Å². The highest BCUT2D eigenvalue weighted by molar-refractivity contribution is 6.33. The summed E-state index contributed by atoms with van der Waals surface area (Å²) in [5.74, 6) is -0.587. The van der Waals surface area contributed by atoms with E-state index in [0.29, 0.717) is 17.3 Å². The highest BCUT2D eigenvalue weighted by atomic mass is 35.5. The number of rotatable bonds is 3. The van der Waals surface area contributed by atoms with E-state index in [2.05, 4.69) is 5.32 Å². The van der Waals surface area contributed by atoms with Crippen LogP contribution in [0.4, 0.5) is 11.4 Å². The van der Waals surface area contributed by atoms with Gasteiger partial charge in [0.05, 0.1) is 16.6 Å². The van der Waals surface area contributed by atoms with Crippen LogP contribution in [0, 0.1) is 19.8 Å². The lowest BCUT2D eigenvalue weighted by Crippen LogP contribution is -2.28. The fourth-order valence-corrected chi connectivity index (χ4v) is 3.01. The molecular formula is C19H19ClN2O2. The molecule has 0 saturated carbocycles. The van der Waals surface area contributed by atoms with Crippen LogP contribution in [0.2, 0.25) is 5.02 Å². The zero-order valence-corrected chi connectivity index (χ0v) is 14.4. The lowest BCUT2D eigenvalue weighted by Gasteiger charge is -2.18. The van der Waals surface area contributed by atoms with Gasteiger partial charge in [0, 0.05) is 18.7 Å². The Hall–Kier alpha value is -2.33. The second-order valence-corrected chi connectivity index (χ2v) is 6.55. The van der Waals surface area contributed by atoms with Gasteiger partial charge in [-0.1, -0.05) is 29.8 Å². The molecule has 0 spiro atoms. The number of benzene rings is 2. The Morgan fingerprint density at radius 2 is 1.92 bits per heavy atom. The minimum absolute atomic E-state index is 0.0300.